The van der Waals surface area contributed by atoms with Crippen molar-refractivity contribution < 1.29 is 0 Å². The minimum atomic E-state index is -0.0302. The van der Waals surface area contributed by atoms with Crippen molar-refractivity contribution in [1.82, 2.24) is 4.98 Å². The number of pyridine rings is 1. The second kappa shape index (κ2) is 5.72. The van der Waals surface area contributed by atoms with Gasteiger partial charge in [-0.3, -0.25) is 0 Å². The van der Waals surface area contributed by atoms with Crippen LogP contribution in [-0.2, 0) is 0 Å². The molecule has 1 rings (SSSR count). The van der Waals surface area contributed by atoms with E-state index in [2.05, 4.69) is 11.1 Å². The monoisotopic (exact) mass is 214 g/mol. The molecule has 16 heavy (non-hydrogen) atoms. The van der Waals surface area contributed by atoms with E-state index in [1.165, 1.54) is 0 Å². The quantitative estimate of drug-likeness (QED) is 0.768. The summed E-state index contributed by atoms with van der Waals surface area (Å²) < 4.78 is 0. The molecule has 0 fully saturated rings. The Bertz CT molecular complexity index is 410. The molecule has 0 bridgehead atoms. The number of nitriles is 2. The molecule has 4 nitrogen and oxygen atoms in total. The molecular weight excluding hydrogens is 200 g/mol. The van der Waals surface area contributed by atoms with Crippen molar-refractivity contribution >= 4 is 5.82 Å². The molecule has 0 aliphatic heterocycles. The molecule has 0 saturated heterocycles. The molecule has 1 unspecified atom stereocenters. The van der Waals surface area contributed by atoms with Gasteiger partial charge in [0.2, 0.25) is 0 Å². The number of rotatable bonds is 4. The summed E-state index contributed by atoms with van der Waals surface area (Å²) in [5.74, 6) is 0.779. The summed E-state index contributed by atoms with van der Waals surface area (Å²) in [6.07, 6.45) is 1.55. The van der Waals surface area contributed by atoms with Gasteiger partial charge in [-0.1, -0.05) is 0 Å². The van der Waals surface area contributed by atoms with Crippen molar-refractivity contribution in [2.75, 3.05) is 18.0 Å². The highest BCUT2D eigenvalue weighted by atomic mass is 15.2. The van der Waals surface area contributed by atoms with Crippen molar-refractivity contribution in [2.24, 2.45) is 5.92 Å². The van der Waals surface area contributed by atoms with E-state index in [0.717, 1.165) is 12.4 Å². The van der Waals surface area contributed by atoms with Crippen LogP contribution >= 0.6 is 0 Å². The highest BCUT2D eigenvalue weighted by Crippen LogP contribution is 2.12. The van der Waals surface area contributed by atoms with Gasteiger partial charge < -0.3 is 4.90 Å². The maximum absolute atomic E-state index is 8.77. The highest BCUT2D eigenvalue weighted by molar-refractivity contribution is 5.41. The van der Waals surface area contributed by atoms with Gasteiger partial charge in [0.15, 0.2) is 0 Å². The Hall–Kier alpha value is -2.07. The zero-order valence-electron chi connectivity index (χ0n) is 9.51. The summed E-state index contributed by atoms with van der Waals surface area (Å²) >= 11 is 0. The fourth-order valence-corrected chi connectivity index (χ4v) is 1.40. The molecule has 0 radical (unpaired) electrons. The zero-order chi connectivity index (χ0) is 12.0. The van der Waals surface area contributed by atoms with E-state index < -0.39 is 0 Å². The fraction of sp³-hybridized carbons (Fsp3) is 0.417. The van der Waals surface area contributed by atoms with Crippen molar-refractivity contribution in [3.63, 3.8) is 0 Å². The molecule has 82 valence electrons. The van der Waals surface area contributed by atoms with Crippen LogP contribution < -0.4 is 4.90 Å². The largest absolute Gasteiger partial charge is 0.356 e. The van der Waals surface area contributed by atoms with Crippen LogP contribution in [0.3, 0.4) is 0 Å². The minimum Gasteiger partial charge on any atom is -0.356 e. The van der Waals surface area contributed by atoms with Crippen molar-refractivity contribution in [1.29, 1.82) is 10.5 Å². The van der Waals surface area contributed by atoms with Gasteiger partial charge in [0.05, 0.1) is 17.6 Å². The predicted molar refractivity (Wildman–Crippen MR) is 61.6 cm³/mol. The number of anilines is 1. The number of hydrogen-bond donors (Lipinski definition) is 0. The lowest BCUT2D eigenvalue weighted by Gasteiger charge is -2.22. The Morgan fingerprint density at radius 3 is 2.62 bits per heavy atom. The average Bonchev–Trinajstić information content (AvgIpc) is 2.35. The van der Waals surface area contributed by atoms with Gasteiger partial charge in [-0.15, -0.1) is 0 Å². The van der Waals surface area contributed by atoms with Crippen LogP contribution in [-0.4, -0.2) is 18.1 Å². The summed E-state index contributed by atoms with van der Waals surface area (Å²) in [5, 5.41) is 17.4. The normalized spacial score (nSPS) is 11.2. The Kier molecular flexibility index (Phi) is 4.29. The molecule has 0 amide bonds. The summed E-state index contributed by atoms with van der Waals surface area (Å²) in [7, 11) is 0. The first-order chi connectivity index (χ1) is 7.71. The number of hydrogen-bond acceptors (Lipinski definition) is 4. The topological polar surface area (TPSA) is 63.7 Å². The van der Waals surface area contributed by atoms with Crippen LogP contribution in [0.4, 0.5) is 5.82 Å². The van der Waals surface area contributed by atoms with Gasteiger partial charge in [0.25, 0.3) is 0 Å². The molecule has 1 aromatic heterocycles. The number of aromatic nitrogens is 1. The van der Waals surface area contributed by atoms with Gasteiger partial charge >= 0.3 is 0 Å². The lowest BCUT2D eigenvalue weighted by atomic mass is 10.2. The first-order valence-corrected chi connectivity index (χ1v) is 5.22. The Labute approximate surface area is 95.8 Å². The summed E-state index contributed by atoms with van der Waals surface area (Å²) in [4.78, 5) is 6.22. The van der Waals surface area contributed by atoms with Gasteiger partial charge in [-0.05, 0) is 26.0 Å². The maximum atomic E-state index is 8.77. The van der Waals surface area contributed by atoms with E-state index in [4.69, 9.17) is 10.5 Å². The Morgan fingerprint density at radius 1 is 1.44 bits per heavy atom. The van der Waals surface area contributed by atoms with Gasteiger partial charge in [-0.2, -0.15) is 10.5 Å². The molecule has 1 atom stereocenters. The van der Waals surface area contributed by atoms with Crippen molar-refractivity contribution in [3.05, 3.63) is 23.9 Å². The van der Waals surface area contributed by atoms with Crippen molar-refractivity contribution in [2.45, 2.75) is 13.8 Å². The smallest absolute Gasteiger partial charge is 0.128 e. The maximum Gasteiger partial charge on any atom is 0.128 e. The van der Waals surface area contributed by atoms with E-state index in [-0.39, 0.29) is 5.92 Å². The molecule has 0 aliphatic carbocycles. The van der Waals surface area contributed by atoms with E-state index in [0.29, 0.717) is 12.1 Å². The summed E-state index contributed by atoms with van der Waals surface area (Å²) in [5.41, 5.74) is 0.549. The highest BCUT2D eigenvalue weighted by Gasteiger charge is 2.09. The van der Waals surface area contributed by atoms with E-state index >= 15 is 0 Å². The molecule has 0 saturated carbocycles. The van der Waals surface area contributed by atoms with Crippen molar-refractivity contribution in [3.8, 4) is 12.1 Å². The molecule has 0 aromatic carbocycles. The van der Waals surface area contributed by atoms with Crippen LogP contribution in [0.15, 0.2) is 18.3 Å². The average molecular weight is 214 g/mol. The van der Waals surface area contributed by atoms with Gasteiger partial charge in [0.1, 0.15) is 11.9 Å². The van der Waals surface area contributed by atoms with Gasteiger partial charge in [-0.25, -0.2) is 4.98 Å². The lowest BCUT2D eigenvalue weighted by molar-refractivity contribution is 0.679. The molecule has 0 aliphatic rings. The van der Waals surface area contributed by atoms with Crippen LogP contribution in [0.2, 0.25) is 0 Å². The molecule has 0 spiro atoms. The third kappa shape index (κ3) is 2.96. The van der Waals surface area contributed by atoms with Crippen LogP contribution in [0.5, 0.6) is 0 Å². The third-order valence-electron chi connectivity index (χ3n) is 2.30. The first kappa shape index (κ1) is 12.0. The van der Waals surface area contributed by atoms with E-state index in [9.17, 15) is 0 Å². The molecule has 4 heteroatoms. The fourth-order valence-electron chi connectivity index (χ4n) is 1.40. The first-order valence-electron chi connectivity index (χ1n) is 5.22. The predicted octanol–water partition coefficient (Wildman–Crippen LogP) is 1.94. The van der Waals surface area contributed by atoms with Crippen LogP contribution in [0.1, 0.15) is 19.4 Å². The molecule has 1 aromatic rings. The van der Waals surface area contributed by atoms with Crippen LogP contribution in [0, 0.1) is 28.6 Å². The second-order valence-corrected chi connectivity index (χ2v) is 3.59. The molecular formula is C12H14N4. The SMILES string of the molecule is CCN(CC(C)C#N)c1ccc(C#N)cn1. The molecule has 1 heterocycles. The lowest BCUT2D eigenvalue weighted by Crippen LogP contribution is -2.28. The van der Waals surface area contributed by atoms with E-state index in [1.807, 2.05) is 30.9 Å². The summed E-state index contributed by atoms with van der Waals surface area (Å²) in [6, 6.07) is 7.78. The zero-order valence-corrected chi connectivity index (χ0v) is 9.51. The number of nitrogens with zero attached hydrogens (tertiary/aromatic N) is 4. The minimum absolute atomic E-state index is 0.0302. The Morgan fingerprint density at radius 2 is 2.19 bits per heavy atom. The third-order valence-corrected chi connectivity index (χ3v) is 2.30. The Balaban J connectivity index is 2.80. The standard InChI is InChI=1S/C12H14N4/c1-3-16(9-10(2)6-13)12-5-4-11(7-14)8-15-12/h4-5,8,10H,3,9H2,1-2H3. The second-order valence-electron chi connectivity index (χ2n) is 3.59. The summed E-state index contributed by atoms with van der Waals surface area (Å²) in [6.45, 7) is 5.35. The van der Waals surface area contributed by atoms with Crippen LogP contribution in [0.25, 0.3) is 0 Å². The molecule has 0 N–H and O–H groups in total. The van der Waals surface area contributed by atoms with E-state index in [1.54, 1.807) is 12.3 Å². The van der Waals surface area contributed by atoms with Gasteiger partial charge in [0, 0.05) is 19.3 Å².